The van der Waals surface area contributed by atoms with Crippen molar-refractivity contribution in [3.8, 4) is 0 Å². The Morgan fingerprint density at radius 1 is 1.29 bits per heavy atom. The van der Waals surface area contributed by atoms with Gasteiger partial charge in [-0.05, 0) is 25.9 Å². The van der Waals surface area contributed by atoms with Gasteiger partial charge in [-0.3, -0.25) is 5.10 Å². The van der Waals surface area contributed by atoms with Gasteiger partial charge in [0.2, 0.25) is 0 Å². The van der Waals surface area contributed by atoms with Crippen LogP contribution in [0.3, 0.4) is 0 Å². The molecule has 2 N–H and O–H groups in total. The lowest BCUT2D eigenvalue weighted by Gasteiger charge is -2.22. The highest BCUT2D eigenvalue weighted by Crippen LogP contribution is 2.28. The lowest BCUT2D eigenvalue weighted by atomic mass is 9.95. The maximum Gasteiger partial charge on any atom is 0.178 e. The van der Waals surface area contributed by atoms with Gasteiger partial charge in [-0.15, -0.1) is 24.8 Å². The monoisotopic (exact) mass is 301 g/mol. The van der Waals surface area contributed by atoms with Crippen LogP contribution in [-0.4, -0.2) is 38.0 Å². The molecule has 2 rings (SSSR count). The molecule has 2 heterocycles. The first kappa shape index (κ1) is 16.7. The van der Waals surface area contributed by atoms with E-state index >= 15 is 0 Å². The van der Waals surface area contributed by atoms with E-state index in [2.05, 4.69) is 15.5 Å². The topological polar surface area (TPSA) is 74.8 Å². The number of rotatable bonds is 2. The van der Waals surface area contributed by atoms with Crippen LogP contribution in [0.2, 0.25) is 0 Å². The fourth-order valence-electron chi connectivity index (χ4n) is 1.98. The minimum Gasteiger partial charge on any atom is -0.317 e. The average molecular weight is 302 g/mol. The summed E-state index contributed by atoms with van der Waals surface area (Å²) in [6, 6.07) is 0. The number of nitrogens with one attached hydrogen (secondary N) is 2. The average Bonchev–Trinajstić information content (AvgIpc) is 2.67. The Labute approximate surface area is 113 Å². The van der Waals surface area contributed by atoms with E-state index in [0.29, 0.717) is 10.8 Å². The molecule has 0 aliphatic carbocycles. The van der Waals surface area contributed by atoms with Crippen molar-refractivity contribution >= 4 is 34.7 Å². The number of piperidine rings is 1. The number of hydrogen-bond acceptors (Lipinski definition) is 4. The molecule has 0 unspecified atom stereocenters. The van der Waals surface area contributed by atoms with Crippen LogP contribution >= 0.6 is 24.8 Å². The molecule has 0 bridgehead atoms. The molecule has 0 amide bonds. The Balaban J connectivity index is 0.00000128. The molecule has 0 saturated carbocycles. The summed E-state index contributed by atoms with van der Waals surface area (Å²) >= 11 is 0. The molecule has 0 aromatic carbocycles. The third kappa shape index (κ3) is 3.84. The normalized spacial score (nSPS) is 17.0. The number of aromatic amines is 1. The van der Waals surface area contributed by atoms with Gasteiger partial charge in [0.15, 0.2) is 9.84 Å². The standard InChI is InChI=1S/C9H15N3O2S.2ClH/c1-15(13,14)8-6-11-12-9(8)7-2-4-10-5-3-7;;/h6-7,10H,2-5H2,1H3,(H,11,12);2*1H. The third-order valence-electron chi connectivity index (χ3n) is 2.78. The quantitative estimate of drug-likeness (QED) is 0.858. The van der Waals surface area contributed by atoms with Gasteiger partial charge in [-0.1, -0.05) is 0 Å². The van der Waals surface area contributed by atoms with Gasteiger partial charge in [-0.2, -0.15) is 5.10 Å². The van der Waals surface area contributed by atoms with Crippen molar-refractivity contribution in [2.24, 2.45) is 0 Å². The summed E-state index contributed by atoms with van der Waals surface area (Å²) in [5.74, 6) is 0.290. The molecule has 1 aromatic rings. The van der Waals surface area contributed by atoms with Crippen molar-refractivity contribution in [1.29, 1.82) is 0 Å². The number of sulfone groups is 1. The van der Waals surface area contributed by atoms with E-state index in [9.17, 15) is 8.42 Å². The van der Waals surface area contributed by atoms with Crippen LogP contribution in [0, 0.1) is 0 Å². The van der Waals surface area contributed by atoms with Crippen LogP contribution < -0.4 is 5.32 Å². The Bertz CT molecular complexity index is 441. The van der Waals surface area contributed by atoms with E-state index < -0.39 is 9.84 Å². The molecule has 1 aliphatic heterocycles. The second kappa shape index (κ2) is 6.58. The third-order valence-corrected chi connectivity index (χ3v) is 3.90. The smallest absolute Gasteiger partial charge is 0.178 e. The van der Waals surface area contributed by atoms with Gasteiger partial charge >= 0.3 is 0 Å². The van der Waals surface area contributed by atoms with Crippen LogP contribution in [0.1, 0.15) is 24.5 Å². The minimum absolute atomic E-state index is 0. The molecule has 1 saturated heterocycles. The highest BCUT2D eigenvalue weighted by atomic mass is 35.5. The summed E-state index contributed by atoms with van der Waals surface area (Å²) < 4.78 is 23.0. The molecule has 1 fully saturated rings. The summed E-state index contributed by atoms with van der Waals surface area (Å²) in [6.45, 7) is 1.87. The van der Waals surface area contributed by atoms with Crippen LogP contribution in [0.4, 0.5) is 0 Å². The zero-order chi connectivity index (χ0) is 10.9. The van der Waals surface area contributed by atoms with Gasteiger partial charge in [0.05, 0.1) is 11.9 Å². The van der Waals surface area contributed by atoms with E-state index in [-0.39, 0.29) is 24.8 Å². The largest absolute Gasteiger partial charge is 0.317 e. The van der Waals surface area contributed by atoms with Gasteiger partial charge in [-0.25, -0.2) is 8.42 Å². The lowest BCUT2D eigenvalue weighted by Crippen LogP contribution is -2.27. The van der Waals surface area contributed by atoms with Crippen LogP contribution in [0.25, 0.3) is 0 Å². The first-order valence-corrected chi connectivity index (χ1v) is 6.92. The summed E-state index contributed by atoms with van der Waals surface area (Å²) in [5.41, 5.74) is 0.777. The van der Waals surface area contributed by atoms with E-state index in [0.717, 1.165) is 31.6 Å². The molecule has 0 atom stereocenters. The fraction of sp³-hybridized carbons (Fsp3) is 0.667. The van der Waals surface area contributed by atoms with Crippen molar-refractivity contribution < 1.29 is 8.42 Å². The molecule has 0 spiro atoms. The SMILES string of the molecule is CS(=O)(=O)c1cn[nH]c1C1CCNCC1.Cl.Cl. The molecule has 100 valence electrons. The maximum absolute atomic E-state index is 11.5. The number of aromatic nitrogens is 2. The highest BCUT2D eigenvalue weighted by Gasteiger charge is 2.24. The molecule has 8 heteroatoms. The number of halogens is 2. The maximum atomic E-state index is 11.5. The number of hydrogen-bond donors (Lipinski definition) is 2. The first-order valence-electron chi connectivity index (χ1n) is 5.03. The predicted octanol–water partition coefficient (Wildman–Crippen LogP) is 1.12. The fourth-order valence-corrected chi connectivity index (χ4v) is 2.84. The number of H-pyrrole nitrogens is 1. The Morgan fingerprint density at radius 3 is 2.41 bits per heavy atom. The van der Waals surface area contributed by atoms with Crippen molar-refractivity contribution in [1.82, 2.24) is 15.5 Å². The summed E-state index contributed by atoms with van der Waals surface area (Å²) in [7, 11) is -3.15. The first-order chi connectivity index (χ1) is 7.09. The minimum atomic E-state index is -3.15. The lowest BCUT2D eigenvalue weighted by molar-refractivity contribution is 0.448. The van der Waals surface area contributed by atoms with Crippen molar-refractivity contribution in [2.75, 3.05) is 19.3 Å². The molecule has 1 aliphatic rings. The van der Waals surface area contributed by atoms with Gasteiger partial charge < -0.3 is 5.32 Å². The van der Waals surface area contributed by atoms with Gasteiger partial charge in [0.25, 0.3) is 0 Å². The summed E-state index contributed by atoms with van der Waals surface area (Å²) in [5, 5.41) is 9.92. The van der Waals surface area contributed by atoms with E-state index in [1.54, 1.807) is 0 Å². The van der Waals surface area contributed by atoms with Crippen LogP contribution in [0.5, 0.6) is 0 Å². The van der Waals surface area contributed by atoms with Crippen LogP contribution in [0.15, 0.2) is 11.1 Å². The molecule has 1 aromatic heterocycles. The molecule has 17 heavy (non-hydrogen) atoms. The van der Waals surface area contributed by atoms with Crippen molar-refractivity contribution in [2.45, 2.75) is 23.7 Å². The predicted molar refractivity (Wildman–Crippen MR) is 71.0 cm³/mol. The zero-order valence-electron chi connectivity index (χ0n) is 9.47. The van der Waals surface area contributed by atoms with Gasteiger partial charge in [0.1, 0.15) is 4.90 Å². The van der Waals surface area contributed by atoms with E-state index in [4.69, 9.17) is 0 Å². The van der Waals surface area contributed by atoms with Crippen molar-refractivity contribution in [3.63, 3.8) is 0 Å². The number of nitrogens with zero attached hydrogens (tertiary/aromatic N) is 1. The molecule has 0 radical (unpaired) electrons. The van der Waals surface area contributed by atoms with Crippen molar-refractivity contribution in [3.05, 3.63) is 11.9 Å². The molecular formula is C9H17Cl2N3O2S. The second-order valence-corrected chi connectivity index (χ2v) is 5.93. The molecule has 5 nitrogen and oxygen atoms in total. The second-order valence-electron chi connectivity index (χ2n) is 3.94. The van der Waals surface area contributed by atoms with Gasteiger partial charge in [0, 0.05) is 12.2 Å². The van der Waals surface area contributed by atoms with Crippen LogP contribution in [-0.2, 0) is 9.84 Å². The molecular weight excluding hydrogens is 285 g/mol. The van der Waals surface area contributed by atoms with E-state index in [1.807, 2.05) is 0 Å². The van der Waals surface area contributed by atoms with E-state index in [1.165, 1.54) is 12.5 Å². The Hall–Kier alpha value is -0.300. The highest BCUT2D eigenvalue weighted by molar-refractivity contribution is 7.90. The summed E-state index contributed by atoms with van der Waals surface area (Å²) in [6.07, 6.45) is 4.56. The Morgan fingerprint density at radius 2 is 1.88 bits per heavy atom. The Kier molecular flexibility index (Phi) is 6.47. The zero-order valence-corrected chi connectivity index (χ0v) is 11.9. The summed E-state index contributed by atoms with van der Waals surface area (Å²) in [4.78, 5) is 0.356.